The Kier molecular flexibility index (Phi) is 4.38. The molecule has 0 bridgehead atoms. The van der Waals surface area contributed by atoms with E-state index in [1.165, 1.54) is 0 Å². The van der Waals surface area contributed by atoms with Crippen molar-refractivity contribution in [3.05, 3.63) is 60.2 Å². The Bertz CT molecular complexity index is 736. The molecule has 24 heavy (non-hydrogen) atoms. The van der Waals surface area contributed by atoms with Crippen LogP contribution in [0.2, 0.25) is 0 Å². The highest BCUT2D eigenvalue weighted by atomic mass is 16.2. The van der Waals surface area contributed by atoms with Crippen LogP contribution in [0.4, 0.5) is 11.4 Å². The van der Waals surface area contributed by atoms with Gasteiger partial charge in [0.05, 0.1) is 5.41 Å². The topological polar surface area (TPSA) is 49.4 Å². The summed E-state index contributed by atoms with van der Waals surface area (Å²) in [6.07, 6.45) is 1.52. The van der Waals surface area contributed by atoms with E-state index in [-0.39, 0.29) is 11.8 Å². The fourth-order valence-electron chi connectivity index (χ4n) is 2.92. The number of hydrogen-bond acceptors (Lipinski definition) is 2. The minimum absolute atomic E-state index is 0.0568. The van der Waals surface area contributed by atoms with Crippen molar-refractivity contribution >= 4 is 23.2 Å². The zero-order valence-corrected chi connectivity index (χ0v) is 14.1. The number of amides is 2. The first-order valence-corrected chi connectivity index (χ1v) is 8.26. The highest BCUT2D eigenvalue weighted by Gasteiger charge is 2.29. The Morgan fingerprint density at radius 1 is 1.04 bits per heavy atom. The zero-order chi connectivity index (χ0) is 17.2. The third kappa shape index (κ3) is 3.18. The van der Waals surface area contributed by atoms with Gasteiger partial charge in [0.2, 0.25) is 11.8 Å². The molecule has 124 valence electrons. The SMILES string of the molecule is CC(C)(C(=O)Nc1ccc(N2CCCC2=O)cc1)c1ccccc1. The van der Waals surface area contributed by atoms with Gasteiger partial charge in [-0.2, -0.15) is 0 Å². The van der Waals surface area contributed by atoms with Crippen LogP contribution < -0.4 is 10.2 Å². The maximum absolute atomic E-state index is 12.7. The van der Waals surface area contributed by atoms with Crippen LogP contribution in [0.1, 0.15) is 32.3 Å². The third-order valence-electron chi connectivity index (χ3n) is 4.57. The normalized spacial score (nSPS) is 14.8. The van der Waals surface area contributed by atoms with Gasteiger partial charge in [-0.25, -0.2) is 0 Å². The molecule has 4 heteroatoms. The van der Waals surface area contributed by atoms with E-state index in [9.17, 15) is 9.59 Å². The summed E-state index contributed by atoms with van der Waals surface area (Å²) >= 11 is 0. The molecule has 1 fully saturated rings. The number of carbonyl (C=O) groups excluding carboxylic acids is 2. The van der Waals surface area contributed by atoms with Crippen molar-refractivity contribution in [2.45, 2.75) is 32.1 Å². The van der Waals surface area contributed by atoms with Crippen LogP contribution >= 0.6 is 0 Å². The van der Waals surface area contributed by atoms with Crippen molar-refractivity contribution in [2.24, 2.45) is 0 Å². The molecule has 2 aromatic rings. The van der Waals surface area contributed by atoms with E-state index in [2.05, 4.69) is 5.32 Å². The molecule has 1 saturated heterocycles. The summed E-state index contributed by atoms with van der Waals surface area (Å²) in [6, 6.07) is 17.2. The first kappa shape index (κ1) is 16.2. The molecule has 2 amide bonds. The smallest absolute Gasteiger partial charge is 0.234 e. The quantitative estimate of drug-likeness (QED) is 0.932. The van der Waals surface area contributed by atoms with E-state index in [4.69, 9.17) is 0 Å². The van der Waals surface area contributed by atoms with Gasteiger partial charge >= 0.3 is 0 Å². The van der Waals surface area contributed by atoms with E-state index < -0.39 is 5.41 Å². The average Bonchev–Trinajstić information content (AvgIpc) is 3.02. The molecule has 0 saturated carbocycles. The summed E-state index contributed by atoms with van der Waals surface area (Å²) < 4.78 is 0. The maximum Gasteiger partial charge on any atom is 0.234 e. The number of rotatable bonds is 4. The highest BCUT2D eigenvalue weighted by molar-refractivity contribution is 5.99. The highest BCUT2D eigenvalue weighted by Crippen LogP contribution is 2.26. The van der Waals surface area contributed by atoms with Crippen LogP contribution in [0.25, 0.3) is 0 Å². The first-order chi connectivity index (χ1) is 11.5. The lowest BCUT2D eigenvalue weighted by Crippen LogP contribution is -2.34. The number of nitrogens with one attached hydrogen (secondary N) is 1. The van der Waals surface area contributed by atoms with E-state index in [1.807, 2.05) is 68.4 Å². The van der Waals surface area contributed by atoms with Crippen molar-refractivity contribution in [1.29, 1.82) is 0 Å². The molecule has 2 aromatic carbocycles. The zero-order valence-electron chi connectivity index (χ0n) is 14.1. The van der Waals surface area contributed by atoms with Gasteiger partial charge in [-0.3, -0.25) is 9.59 Å². The Balaban J connectivity index is 1.72. The third-order valence-corrected chi connectivity index (χ3v) is 4.57. The van der Waals surface area contributed by atoms with Crippen LogP contribution in [-0.4, -0.2) is 18.4 Å². The predicted molar refractivity (Wildman–Crippen MR) is 96.1 cm³/mol. The van der Waals surface area contributed by atoms with Gasteiger partial charge in [0, 0.05) is 24.3 Å². The molecule has 3 rings (SSSR count). The largest absolute Gasteiger partial charge is 0.325 e. The Labute approximate surface area is 142 Å². The molecule has 0 radical (unpaired) electrons. The molecule has 0 aliphatic carbocycles. The van der Waals surface area contributed by atoms with Gasteiger partial charge < -0.3 is 10.2 Å². The van der Waals surface area contributed by atoms with Gasteiger partial charge in [-0.1, -0.05) is 30.3 Å². The lowest BCUT2D eigenvalue weighted by atomic mass is 9.83. The molecule has 0 aromatic heterocycles. The molecule has 1 aliphatic heterocycles. The Morgan fingerprint density at radius 3 is 2.29 bits per heavy atom. The molecule has 0 spiro atoms. The number of nitrogens with zero attached hydrogens (tertiary/aromatic N) is 1. The summed E-state index contributed by atoms with van der Waals surface area (Å²) in [6.45, 7) is 4.59. The monoisotopic (exact) mass is 322 g/mol. The van der Waals surface area contributed by atoms with Crippen LogP contribution in [0.3, 0.4) is 0 Å². The van der Waals surface area contributed by atoms with Gasteiger partial charge in [0.15, 0.2) is 0 Å². The van der Waals surface area contributed by atoms with E-state index in [0.717, 1.165) is 29.9 Å². The van der Waals surface area contributed by atoms with Crippen molar-refractivity contribution in [3.63, 3.8) is 0 Å². The minimum atomic E-state index is -0.620. The number of anilines is 2. The van der Waals surface area contributed by atoms with E-state index in [0.29, 0.717) is 6.42 Å². The number of benzene rings is 2. The molecule has 4 nitrogen and oxygen atoms in total. The Morgan fingerprint density at radius 2 is 1.71 bits per heavy atom. The molecule has 1 aliphatic rings. The summed E-state index contributed by atoms with van der Waals surface area (Å²) in [5.41, 5.74) is 1.98. The second kappa shape index (κ2) is 6.48. The summed E-state index contributed by atoms with van der Waals surface area (Å²) in [5.74, 6) is 0.107. The lowest BCUT2D eigenvalue weighted by molar-refractivity contribution is -0.120. The van der Waals surface area contributed by atoms with Crippen LogP contribution in [0.5, 0.6) is 0 Å². The fraction of sp³-hybridized carbons (Fsp3) is 0.300. The first-order valence-electron chi connectivity index (χ1n) is 8.26. The second-order valence-electron chi connectivity index (χ2n) is 6.64. The maximum atomic E-state index is 12.7. The number of hydrogen-bond donors (Lipinski definition) is 1. The van der Waals surface area contributed by atoms with Gasteiger partial charge in [-0.05, 0) is 50.1 Å². The van der Waals surface area contributed by atoms with E-state index in [1.54, 1.807) is 4.90 Å². The predicted octanol–water partition coefficient (Wildman–Crippen LogP) is 3.73. The minimum Gasteiger partial charge on any atom is -0.325 e. The molecule has 1 heterocycles. The van der Waals surface area contributed by atoms with Crippen molar-refractivity contribution in [2.75, 3.05) is 16.8 Å². The van der Waals surface area contributed by atoms with Gasteiger partial charge in [-0.15, -0.1) is 0 Å². The lowest BCUT2D eigenvalue weighted by Gasteiger charge is -2.24. The van der Waals surface area contributed by atoms with Crippen molar-refractivity contribution in [3.8, 4) is 0 Å². The van der Waals surface area contributed by atoms with Crippen molar-refractivity contribution < 1.29 is 9.59 Å². The Hall–Kier alpha value is -2.62. The van der Waals surface area contributed by atoms with Crippen LogP contribution in [0, 0.1) is 0 Å². The molecule has 0 unspecified atom stereocenters. The summed E-state index contributed by atoms with van der Waals surface area (Å²) in [4.78, 5) is 26.2. The molecular formula is C20H22N2O2. The summed E-state index contributed by atoms with van der Waals surface area (Å²) in [5, 5.41) is 2.97. The summed E-state index contributed by atoms with van der Waals surface area (Å²) in [7, 11) is 0. The standard InChI is InChI=1S/C20H22N2O2/c1-20(2,15-7-4-3-5-8-15)19(24)21-16-10-12-17(13-11-16)22-14-6-9-18(22)23/h3-5,7-8,10-13H,6,9,14H2,1-2H3,(H,21,24). The fourth-order valence-corrected chi connectivity index (χ4v) is 2.92. The van der Waals surface area contributed by atoms with Gasteiger partial charge in [0.1, 0.15) is 0 Å². The number of carbonyl (C=O) groups is 2. The molecule has 1 N–H and O–H groups in total. The van der Waals surface area contributed by atoms with E-state index >= 15 is 0 Å². The molecular weight excluding hydrogens is 300 g/mol. The van der Waals surface area contributed by atoms with Crippen LogP contribution in [0.15, 0.2) is 54.6 Å². The van der Waals surface area contributed by atoms with Crippen molar-refractivity contribution in [1.82, 2.24) is 0 Å². The van der Waals surface area contributed by atoms with Gasteiger partial charge in [0.25, 0.3) is 0 Å². The molecule has 0 atom stereocenters. The second-order valence-corrected chi connectivity index (χ2v) is 6.64. The average molecular weight is 322 g/mol. The van der Waals surface area contributed by atoms with Crippen LogP contribution in [-0.2, 0) is 15.0 Å².